The van der Waals surface area contributed by atoms with Crippen LogP contribution in [0.1, 0.15) is 12.1 Å². The average molecular weight is 235 g/mol. The molecule has 1 aromatic heterocycles. The number of hydrogen-bond acceptors (Lipinski definition) is 4. The van der Waals surface area contributed by atoms with Gasteiger partial charge in [-0.2, -0.15) is 10.4 Å². The Labute approximate surface area is 101 Å². The van der Waals surface area contributed by atoms with E-state index < -0.39 is 0 Å². The number of aromatic nitrogens is 2. The normalized spacial score (nSPS) is 9.88. The maximum Gasteiger partial charge on any atom is 0.233 e. The van der Waals surface area contributed by atoms with Crippen LogP contribution in [-0.2, 0) is 18.3 Å². The molecule has 1 amide bonds. The predicted octanol–water partition coefficient (Wildman–Crippen LogP) is -0.418. The average Bonchev–Trinajstić information content (AvgIpc) is 2.71. The summed E-state index contributed by atoms with van der Waals surface area (Å²) in [6.45, 7) is 1.42. The molecule has 1 heterocycles. The number of nitrogens with one attached hydrogen (secondary N) is 2. The van der Waals surface area contributed by atoms with Gasteiger partial charge in [0.05, 0.1) is 19.0 Å². The van der Waals surface area contributed by atoms with Crippen LogP contribution in [0.3, 0.4) is 0 Å². The summed E-state index contributed by atoms with van der Waals surface area (Å²) in [6.07, 6.45) is 2.94. The molecule has 0 aliphatic rings. The molecule has 1 rings (SSSR count). The molecule has 0 spiro atoms. The first-order valence-corrected chi connectivity index (χ1v) is 5.55. The minimum atomic E-state index is -0.0785. The largest absolute Gasteiger partial charge is 0.354 e. The van der Waals surface area contributed by atoms with E-state index in [1.54, 1.807) is 6.20 Å². The zero-order valence-corrected chi connectivity index (χ0v) is 9.94. The van der Waals surface area contributed by atoms with Crippen molar-refractivity contribution in [3.63, 3.8) is 0 Å². The highest BCUT2D eigenvalue weighted by Crippen LogP contribution is 1.95. The van der Waals surface area contributed by atoms with Crippen LogP contribution in [0.5, 0.6) is 0 Å². The number of hydrogen-bond donors (Lipinski definition) is 2. The Hall–Kier alpha value is -1.87. The highest BCUT2D eigenvalue weighted by Gasteiger charge is 2.01. The second kappa shape index (κ2) is 7.41. The second-order valence-corrected chi connectivity index (χ2v) is 3.63. The van der Waals surface area contributed by atoms with Crippen LogP contribution in [0.15, 0.2) is 12.3 Å². The summed E-state index contributed by atoms with van der Waals surface area (Å²) in [5.74, 6) is -0.0785. The van der Waals surface area contributed by atoms with Crippen LogP contribution in [0, 0.1) is 11.3 Å². The SMILES string of the molecule is Cn1nccc1CCNCC(=O)NCCC#N. The van der Waals surface area contributed by atoms with Gasteiger partial charge in [0, 0.05) is 38.4 Å². The van der Waals surface area contributed by atoms with E-state index in [9.17, 15) is 4.79 Å². The summed E-state index contributed by atoms with van der Waals surface area (Å²) in [6, 6.07) is 3.92. The van der Waals surface area contributed by atoms with E-state index in [4.69, 9.17) is 5.26 Å². The summed E-state index contributed by atoms with van der Waals surface area (Å²) in [7, 11) is 1.89. The molecule has 0 bridgehead atoms. The first kappa shape index (κ1) is 13.2. The molecule has 0 unspecified atom stereocenters. The standard InChI is InChI=1S/C11H17N5O/c1-16-10(4-8-15-16)3-7-13-9-11(17)14-6-2-5-12/h4,8,13H,2-3,6-7,9H2,1H3,(H,14,17). The maximum absolute atomic E-state index is 11.2. The third-order valence-corrected chi connectivity index (χ3v) is 2.32. The fourth-order valence-corrected chi connectivity index (χ4v) is 1.39. The van der Waals surface area contributed by atoms with Crippen LogP contribution in [0.25, 0.3) is 0 Å². The summed E-state index contributed by atoms with van der Waals surface area (Å²) < 4.78 is 1.81. The van der Waals surface area contributed by atoms with Gasteiger partial charge in [0.25, 0.3) is 0 Å². The first-order chi connectivity index (χ1) is 8.24. The molecule has 1 aromatic rings. The molecule has 0 aliphatic heterocycles. The van der Waals surface area contributed by atoms with Crippen molar-refractivity contribution in [1.82, 2.24) is 20.4 Å². The van der Waals surface area contributed by atoms with Crippen molar-refractivity contribution < 1.29 is 4.79 Å². The lowest BCUT2D eigenvalue weighted by Crippen LogP contribution is -2.35. The number of carbonyl (C=O) groups is 1. The number of rotatable bonds is 7. The van der Waals surface area contributed by atoms with Gasteiger partial charge in [-0.1, -0.05) is 0 Å². The summed E-state index contributed by atoms with van der Waals surface area (Å²) in [4.78, 5) is 11.2. The zero-order chi connectivity index (χ0) is 12.5. The van der Waals surface area contributed by atoms with Crippen molar-refractivity contribution in [3.8, 4) is 6.07 Å². The smallest absolute Gasteiger partial charge is 0.233 e. The van der Waals surface area contributed by atoms with Gasteiger partial charge < -0.3 is 10.6 Å². The molecule has 6 heteroatoms. The minimum Gasteiger partial charge on any atom is -0.354 e. The highest BCUT2D eigenvalue weighted by molar-refractivity contribution is 5.77. The fraction of sp³-hybridized carbons (Fsp3) is 0.545. The Kier molecular flexibility index (Phi) is 5.75. The second-order valence-electron chi connectivity index (χ2n) is 3.63. The minimum absolute atomic E-state index is 0.0785. The van der Waals surface area contributed by atoms with E-state index >= 15 is 0 Å². The van der Waals surface area contributed by atoms with Crippen molar-refractivity contribution >= 4 is 5.91 Å². The van der Waals surface area contributed by atoms with Gasteiger partial charge in [0.2, 0.25) is 5.91 Å². The molecule has 0 saturated heterocycles. The fourth-order valence-electron chi connectivity index (χ4n) is 1.39. The number of nitriles is 1. The third kappa shape index (κ3) is 5.13. The van der Waals surface area contributed by atoms with Crippen LogP contribution < -0.4 is 10.6 Å². The lowest BCUT2D eigenvalue weighted by molar-refractivity contribution is -0.120. The first-order valence-electron chi connectivity index (χ1n) is 5.55. The molecule has 0 aromatic carbocycles. The third-order valence-electron chi connectivity index (χ3n) is 2.32. The maximum atomic E-state index is 11.2. The van der Waals surface area contributed by atoms with Gasteiger partial charge in [-0.15, -0.1) is 0 Å². The molecule has 0 aliphatic carbocycles. The van der Waals surface area contributed by atoms with E-state index in [-0.39, 0.29) is 12.5 Å². The van der Waals surface area contributed by atoms with E-state index in [2.05, 4.69) is 15.7 Å². The molecule has 0 atom stereocenters. The van der Waals surface area contributed by atoms with Crippen molar-refractivity contribution in [1.29, 1.82) is 5.26 Å². The molecular formula is C11H17N5O. The Morgan fingerprint density at radius 1 is 1.59 bits per heavy atom. The molecule has 0 saturated carbocycles. The molecule has 2 N–H and O–H groups in total. The van der Waals surface area contributed by atoms with E-state index in [1.165, 1.54) is 0 Å². The molecule has 0 radical (unpaired) electrons. The summed E-state index contributed by atoms with van der Waals surface area (Å²) >= 11 is 0. The van der Waals surface area contributed by atoms with E-state index in [0.29, 0.717) is 13.0 Å². The molecule has 6 nitrogen and oxygen atoms in total. The summed E-state index contributed by atoms with van der Waals surface area (Å²) in [5.41, 5.74) is 1.13. The Balaban J connectivity index is 2.06. The quantitative estimate of drug-likeness (QED) is 0.629. The van der Waals surface area contributed by atoms with Crippen LogP contribution in [-0.4, -0.2) is 35.3 Å². The number of nitrogens with zero attached hydrogens (tertiary/aromatic N) is 3. The van der Waals surface area contributed by atoms with Crippen molar-refractivity contribution in [2.24, 2.45) is 7.05 Å². The molecule has 92 valence electrons. The predicted molar refractivity (Wildman–Crippen MR) is 63.0 cm³/mol. The van der Waals surface area contributed by atoms with Crippen LogP contribution in [0.4, 0.5) is 0 Å². The van der Waals surface area contributed by atoms with Gasteiger partial charge in [0.15, 0.2) is 0 Å². The van der Waals surface area contributed by atoms with Gasteiger partial charge >= 0.3 is 0 Å². The number of aryl methyl sites for hydroxylation is 1. The zero-order valence-electron chi connectivity index (χ0n) is 9.94. The van der Waals surface area contributed by atoms with Gasteiger partial charge in [0.1, 0.15) is 0 Å². The van der Waals surface area contributed by atoms with Crippen molar-refractivity contribution in [3.05, 3.63) is 18.0 Å². The number of carbonyl (C=O) groups excluding carboxylic acids is 1. The van der Waals surface area contributed by atoms with Gasteiger partial charge in [-0.25, -0.2) is 0 Å². The number of amides is 1. The Morgan fingerprint density at radius 2 is 2.41 bits per heavy atom. The van der Waals surface area contributed by atoms with Crippen LogP contribution >= 0.6 is 0 Å². The molecular weight excluding hydrogens is 218 g/mol. The van der Waals surface area contributed by atoms with E-state index in [1.807, 2.05) is 23.9 Å². The van der Waals surface area contributed by atoms with Crippen molar-refractivity contribution in [2.75, 3.05) is 19.6 Å². The topological polar surface area (TPSA) is 82.7 Å². The van der Waals surface area contributed by atoms with E-state index in [0.717, 1.165) is 18.7 Å². The monoisotopic (exact) mass is 235 g/mol. The van der Waals surface area contributed by atoms with Crippen molar-refractivity contribution in [2.45, 2.75) is 12.8 Å². The Morgan fingerprint density at radius 3 is 3.06 bits per heavy atom. The molecule has 17 heavy (non-hydrogen) atoms. The molecule has 0 fully saturated rings. The van der Waals surface area contributed by atoms with Crippen LogP contribution in [0.2, 0.25) is 0 Å². The van der Waals surface area contributed by atoms with Gasteiger partial charge in [-0.05, 0) is 6.07 Å². The lowest BCUT2D eigenvalue weighted by Gasteiger charge is -2.05. The Bertz CT molecular complexity index is 393. The van der Waals surface area contributed by atoms with Gasteiger partial charge in [-0.3, -0.25) is 9.48 Å². The lowest BCUT2D eigenvalue weighted by atomic mass is 10.3. The summed E-state index contributed by atoms with van der Waals surface area (Å²) in [5, 5.41) is 18.0. The highest BCUT2D eigenvalue weighted by atomic mass is 16.1.